The van der Waals surface area contributed by atoms with Crippen LogP contribution in [0.15, 0.2) is 42.5 Å². The summed E-state index contributed by atoms with van der Waals surface area (Å²) in [6.07, 6.45) is -1.16. The lowest BCUT2D eigenvalue weighted by atomic mass is 10.1. The lowest BCUT2D eigenvalue weighted by Crippen LogP contribution is -2.30. The largest absolute Gasteiger partial charge is 0.449 e. The molecular weight excluding hydrogens is 333 g/mol. The van der Waals surface area contributed by atoms with Crippen LogP contribution in [0.4, 0.5) is 21.5 Å². The number of hydrogen-bond donors (Lipinski definition) is 2. The van der Waals surface area contributed by atoms with E-state index in [9.17, 15) is 24.1 Å². The van der Waals surface area contributed by atoms with E-state index in [-0.39, 0.29) is 16.9 Å². The topological polar surface area (TPSA) is 125 Å². The minimum absolute atomic E-state index is 0.0907. The maximum atomic E-state index is 12.8. The average molecular weight is 347 g/mol. The highest BCUT2D eigenvalue weighted by Crippen LogP contribution is 2.21. The Morgan fingerprint density at radius 2 is 1.88 bits per heavy atom. The Balaban J connectivity index is 2.02. The van der Waals surface area contributed by atoms with E-state index in [0.717, 1.165) is 18.2 Å². The van der Waals surface area contributed by atoms with Crippen molar-refractivity contribution in [2.24, 2.45) is 0 Å². The Bertz CT molecular complexity index is 823. The SMILES string of the molecule is CC(OC(=O)c1ccc([N+](=O)[O-])cc1N)C(=O)Nc1ccc(F)cc1. The summed E-state index contributed by atoms with van der Waals surface area (Å²) in [5.41, 5.74) is 5.45. The number of nitrogens with two attached hydrogens (primary N) is 1. The highest BCUT2D eigenvalue weighted by Gasteiger charge is 2.21. The number of rotatable bonds is 5. The predicted molar refractivity (Wildman–Crippen MR) is 87.4 cm³/mol. The number of nitrogens with zero attached hydrogens (tertiary/aromatic N) is 1. The molecule has 0 aromatic heterocycles. The third-order valence-corrected chi connectivity index (χ3v) is 3.23. The fourth-order valence-electron chi connectivity index (χ4n) is 1.90. The molecule has 0 bridgehead atoms. The molecule has 0 aliphatic heterocycles. The van der Waals surface area contributed by atoms with Crippen LogP contribution in [-0.2, 0) is 9.53 Å². The highest BCUT2D eigenvalue weighted by atomic mass is 19.1. The van der Waals surface area contributed by atoms with Gasteiger partial charge in [0.15, 0.2) is 6.10 Å². The average Bonchev–Trinajstić information content (AvgIpc) is 2.56. The summed E-state index contributed by atoms with van der Waals surface area (Å²) < 4.78 is 17.8. The molecule has 2 aromatic rings. The van der Waals surface area contributed by atoms with Crippen LogP contribution in [-0.4, -0.2) is 22.9 Å². The number of anilines is 2. The molecule has 3 N–H and O–H groups in total. The normalized spacial score (nSPS) is 11.4. The third-order valence-electron chi connectivity index (χ3n) is 3.23. The molecule has 130 valence electrons. The minimum atomic E-state index is -1.16. The van der Waals surface area contributed by atoms with E-state index in [1.54, 1.807) is 0 Å². The fourth-order valence-corrected chi connectivity index (χ4v) is 1.90. The van der Waals surface area contributed by atoms with E-state index in [1.807, 2.05) is 0 Å². The molecule has 0 aliphatic rings. The van der Waals surface area contributed by atoms with Crippen molar-refractivity contribution in [1.29, 1.82) is 0 Å². The van der Waals surface area contributed by atoms with Gasteiger partial charge in [0.25, 0.3) is 11.6 Å². The summed E-state index contributed by atoms with van der Waals surface area (Å²) in [4.78, 5) is 34.1. The summed E-state index contributed by atoms with van der Waals surface area (Å²) in [6, 6.07) is 8.34. The summed E-state index contributed by atoms with van der Waals surface area (Å²) >= 11 is 0. The van der Waals surface area contributed by atoms with Gasteiger partial charge in [-0.1, -0.05) is 0 Å². The minimum Gasteiger partial charge on any atom is -0.449 e. The number of non-ortho nitro benzene ring substituents is 1. The zero-order chi connectivity index (χ0) is 18.6. The van der Waals surface area contributed by atoms with Gasteiger partial charge in [-0.25, -0.2) is 9.18 Å². The van der Waals surface area contributed by atoms with Crippen LogP contribution in [0.2, 0.25) is 0 Å². The fraction of sp³-hybridized carbons (Fsp3) is 0.125. The van der Waals surface area contributed by atoms with Crippen molar-refractivity contribution in [2.45, 2.75) is 13.0 Å². The van der Waals surface area contributed by atoms with Crippen molar-refractivity contribution in [3.8, 4) is 0 Å². The van der Waals surface area contributed by atoms with Gasteiger partial charge in [-0.3, -0.25) is 14.9 Å². The van der Waals surface area contributed by atoms with Crippen LogP contribution < -0.4 is 11.1 Å². The second kappa shape index (κ2) is 7.39. The summed E-state index contributed by atoms with van der Waals surface area (Å²) in [7, 11) is 0. The standard InChI is InChI=1S/C16H14FN3O5/c1-9(15(21)19-11-4-2-10(17)3-5-11)25-16(22)13-7-6-12(20(23)24)8-14(13)18/h2-9H,18H2,1H3,(H,19,21). The van der Waals surface area contributed by atoms with Gasteiger partial charge in [0.1, 0.15) is 5.82 Å². The van der Waals surface area contributed by atoms with Crippen molar-refractivity contribution in [1.82, 2.24) is 0 Å². The van der Waals surface area contributed by atoms with E-state index >= 15 is 0 Å². The van der Waals surface area contributed by atoms with E-state index in [0.29, 0.717) is 5.69 Å². The van der Waals surface area contributed by atoms with E-state index in [2.05, 4.69) is 5.32 Å². The number of ether oxygens (including phenoxy) is 1. The molecule has 0 fully saturated rings. The molecule has 2 aromatic carbocycles. The molecule has 0 spiro atoms. The van der Waals surface area contributed by atoms with Gasteiger partial charge < -0.3 is 15.8 Å². The number of nitro benzene ring substituents is 1. The third kappa shape index (κ3) is 4.50. The molecular formula is C16H14FN3O5. The first kappa shape index (κ1) is 17.9. The molecule has 2 rings (SSSR count). The number of hydrogen-bond acceptors (Lipinski definition) is 6. The van der Waals surface area contributed by atoms with Crippen LogP contribution >= 0.6 is 0 Å². The van der Waals surface area contributed by atoms with Crippen LogP contribution in [0.5, 0.6) is 0 Å². The smallest absolute Gasteiger partial charge is 0.341 e. The first-order chi connectivity index (χ1) is 11.8. The van der Waals surface area contributed by atoms with Crippen molar-refractivity contribution in [2.75, 3.05) is 11.1 Å². The quantitative estimate of drug-likeness (QED) is 0.370. The van der Waals surface area contributed by atoms with Gasteiger partial charge >= 0.3 is 5.97 Å². The summed E-state index contributed by atoms with van der Waals surface area (Å²) in [6.45, 7) is 1.35. The van der Waals surface area contributed by atoms with Gasteiger partial charge in [0, 0.05) is 17.8 Å². The molecule has 0 saturated carbocycles. The first-order valence-corrected chi connectivity index (χ1v) is 7.09. The summed E-state index contributed by atoms with van der Waals surface area (Å²) in [5.74, 6) is -1.97. The second-order valence-electron chi connectivity index (χ2n) is 5.07. The molecule has 0 heterocycles. The second-order valence-corrected chi connectivity index (χ2v) is 5.07. The van der Waals surface area contributed by atoms with Crippen LogP contribution in [0.1, 0.15) is 17.3 Å². The van der Waals surface area contributed by atoms with Gasteiger partial charge in [-0.15, -0.1) is 0 Å². The lowest BCUT2D eigenvalue weighted by molar-refractivity contribution is -0.384. The molecule has 25 heavy (non-hydrogen) atoms. The van der Waals surface area contributed by atoms with Crippen LogP contribution in [0.25, 0.3) is 0 Å². The van der Waals surface area contributed by atoms with E-state index in [1.165, 1.54) is 31.2 Å². The Morgan fingerprint density at radius 1 is 1.24 bits per heavy atom. The van der Waals surface area contributed by atoms with Crippen molar-refractivity contribution < 1.29 is 23.6 Å². The van der Waals surface area contributed by atoms with Crippen molar-refractivity contribution in [3.63, 3.8) is 0 Å². The molecule has 0 aliphatic carbocycles. The molecule has 1 atom stereocenters. The number of esters is 1. The number of nitrogens with one attached hydrogen (secondary N) is 1. The van der Waals surface area contributed by atoms with Crippen LogP contribution in [0, 0.1) is 15.9 Å². The number of carbonyl (C=O) groups excluding carboxylic acids is 2. The number of amides is 1. The number of nitrogen functional groups attached to an aromatic ring is 1. The number of nitro groups is 1. The number of halogens is 1. The number of carbonyl (C=O) groups is 2. The maximum absolute atomic E-state index is 12.8. The predicted octanol–water partition coefficient (Wildman–Crippen LogP) is 2.50. The Labute approximate surface area is 141 Å². The molecule has 0 radical (unpaired) electrons. The van der Waals surface area contributed by atoms with Gasteiger partial charge in [0.2, 0.25) is 0 Å². The summed E-state index contributed by atoms with van der Waals surface area (Å²) in [5, 5.41) is 13.1. The van der Waals surface area contributed by atoms with Gasteiger partial charge in [-0.2, -0.15) is 0 Å². The monoisotopic (exact) mass is 347 g/mol. The molecule has 8 nitrogen and oxygen atoms in total. The molecule has 1 amide bonds. The van der Waals surface area contributed by atoms with Crippen LogP contribution in [0.3, 0.4) is 0 Å². The highest BCUT2D eigenvalue weighted by molar-refractivity contribution is 5.99. The van der Waals surface area contributed by atoms with Crippen molar-refractivity contribution >= 4 is 28.9 Å². The lowest BCUT2D eigenvalue weighted by Gasteiger charge is -2.14. The van der Waals surface area contributed by atoms with E-state index in [4.69, 9.17) is 10.5 Å². The molecule has 0 saturated heterocycles. The Hall–Kier alpha value is -3.49. The Kier molecular flexibility index (Phi) is 5.28. The zero-order valence-corrected chi connectivity index (χ0v) is 13.1. The van der Waals surface area contributed by atoms with E-state index < -0.39 is 28.7 Å². The maximum Gasteiger partial charge on any atom is 0.341 e. The van der Waals surface area contributed by atoms with Crippen molar-refractivity contribution in [3.05, 3.63) is 64.0 Å². The van der Waals surface area contributed by atoms with Gasteiger partial charge in [-0.05, 0) is 37.3 Å². The van der Waals surface area contributed by atoms with Gasteiger partial charge in [0.05, 0.1) is 16.2 Å². The Morgan fingerprint density at radius 3 is 2.44 bits per heavy atom. The first-order valence-electron chi connectivity index (χ1n) is 7.09. The zero-order valence-electron chi connectivity index (χ0n) is 13.1. The molecule has 9 heteroatoms. The molecule has 1 unspecified atom stereocenters. The number of benzene rings is 2.